The third-order valence-electron chi connectivity index (χ3n) is 9.50. The summed E-state index contributed by atoms with van der Waals surface area (Å²) in [6, 6.07) is 12.9. The highest BCUT2D eigenvalue weighted by atomic mass is 16.3. The van der Waals surface area contributed by atoms with Crippen LogP contribution in [0.25, 0.3) is 10.8 Å². The molecule has 0 radical (unpaired) electrons. The lowest BCUT2D eigenvalue weighted by atomic mass is 9.90. The Hall–Kier alpha value is -2.97. The Morgan fingerprint density at radius 1 is 0.830 bits per heavy atom. The molecule has 4 N–H and O–H groups in total. The van der Waals surface area contributed by atoms with Gasteiger partial charge in [-0.25, -0.2) is 0 Å². The van der Waals surface area contributed by atoms with Gasteiger partial charge in [0.25, 0.3) is 0 Å². The van der Waals surface area contributed by atoms with E-state index >= 15 is 0 Å². The highest BCUT2D eigenvalue weighted by Gasteiger charge is 2.33. The molecule has 47 heavy (non-hydrogen) atoms. The number of hydrogen-bond donors (Lipinski definition) is 4. The summed E-state index contributed by atoms with van der Waals surface area (Å²) in [5.41, 5.74) is 1.13. The highest BCUT2D eigenvalue weighted by molar-refractivity contribution is 5.91. The van der Waals surface area contributed by atoms with E-state index in [-0.39, 0.29) is 42.0 Å². The minimum atomic E-state index is -0.883. The van der Waals surface area contributed by atoms with Crippen LogP contribution < -0.4 is 16.0 Å². The van der Waals surface area contributed by atoms with Crippen LogP contribution in [0, 0.1) is 17.8 Å². The fourth-order valence-electron chi connectivity index (χ4n) is 6.71. The number of fused-ring (bicyclic) bond motifs is 1. The van der Waals surface area contributed by atoms with Crippen LogP contribution in [0.3, 0.4) is 0 Å². The molecule has 1 heterocycles. The van der Waals surface area contributed by atoms with Crippen molar-refractivity contribution in [2.24, 2.45) is 17.8 Å². The van der Waals surface area contributed by atoms with Gasteiger partial charge in [0.05, 0.1) is 18.2 Å². The van der Waals surface area contributed by atoms with Gasteiger partial charge < -0.3 is 21.1 Å². The predicted octanol–water partition coefficient (Wildman–Crippen LogP) is 5.99. The number of benzene rings is 2. The molecule has 0 aliphatic carbocycles. The summed E-state index contributed by atoms with van der Waals surface area (Å²) in [6.07, 6.45) is 6.63. The third kappa shape index (κ3) is 12.2. The van der Waals surface area contributed by atoms with Crippen molar-refractivity contribution in [2.75, 3.05) is 19.6 Å². The minimum Gasteiger partial charge on any atom is -0.391 e. The van der Waals surface area contributed by atoms with Crippen LogP contribution in [0.5, 0.6) is 0 Å². The number of unbranched alkanes of at least 4 members (excludes halogenated alkanes) is 1. The maximum atomic E-state index is 14.2. The van der Waals surface area contributed by atoms with E-state index < -0.39 is 18.2 Å². The van der Waals surface area contributed by atoms with Crippen LogP contribution in [0.4, 0.5) is 0 Å². The quantitative estimate of drug-likeness (QED) is 0.149. The Morgan fingerprint density at radius 3 is 2.19 bits per heavy atom. The predicted molar refractivity (Wildman–Crippen MR) is 192 cm³/mol. The Bertz CT molecular complexity index is 1250. The summed E-state index contributed by atoms with van der Waals surface area (Å²) >= 11 is 0. The molecule has 0 aromatic heterocycles. The van der Waals surface area contributed by atoms with Crippen molar-refractivity contribution in [1.29, 1.82) is 0 Å². The van der Waals surface area contributed by atoms with E-state index in [4.69, 9.17) is 0 Å². The normalized spacial score (nSPS) is 17.2. The number of likely N-dealkylation sites (tertiary alicyclic amines) is 1. The molecule has 0 spiro atoms. The zero-order valence-corrected chi connectivity index (χ0v) is 29.9. The van der Waals surface area contributed by atoms with E-state index in [2.05, 4.69) is 85.8 Å². The van der Waals surface area contributed by atoms with Gasteiger partial charge in [-0.3, -0.25) is 19.3 Å². The maximum absolute atomic E-state index is 14.2. The van der Waals surface area contributed by atoms with E-state index in [1.54, 1.807) is 0 Å². The number of amides is 3. The second-order valence-corrected chi connectivity index (χ2v) is 14.5. The van der Waals surface area contributed by atoms with Crippen LogP contribution >= 0.6 is 0 Å². The molecule has 8 heteroatoms. The molecule has 0 bridgehead atoms. The summed E-state index contributed by atoms with van der Waals surface area (Å²) in [5, 5.41) is 23.0. The molecule has 1 fully saturated rings. The maximum Gasteiger partial charge on any atom is 0.242 e. The van der Waals surface area contributed by atoms with Gasteiger partial charge in [0.2, 0.25) is 17.7 Å². The molecule has 8 nitrogen and oxygen atoms in total. The third-order valence-corrected chi connectivity index (χ3v) is 9.50. The Kier molecular flexibility index (Phi) is 16.2. The number of carbonyl (C=O) groups is 3. The van der Waals surface area contributed by atoms with Gasteiger partial charge in [-0.2, -0.15) is 0 Å². The Morgan fingerprint density at radius 2 is 1.53 bits per heavy atom. The number of aliphatic hydroxyl groups excluding tert-OH is 1. The first kappa shape index (κ1) is 38.5. The summed E-state index contributed by atoms with van der Waals surface area (Å²) in [4.78, 5) is 43.3. The summed E-state index contributed by atoms with van der Waals surface area (Å²) in [7, 11) is 0. The zero-order valence-electron chi connectivity index (χ0n) is 29.9. The van der Waals surface area contributed by atoms with Crippen molar-refractivity contribution in [2.45, 2.75) is 130 Å². The van der Waals surface area contributed by atoms with Gasteiger partial charge in [-0.05, 0) is 86.2 Å². The van der Waals surface area contributed by atoms with Crippen LogP contribution in [0.2, 0.25) is 0 Å². The van der Waals surface area contributed by atoms with Crippen molar-refractivity contribution in [3.63, 3.8) is 0 Å². The van der Waals surface area contributed by atoms with Crippen LogP contribution in [0.15, 0.2) is 42.5 Å². The molecular formula is C39H62N4O4. The molecule has 0 saturated carbocycles. The van der Waals surface area contributed by atoms with E-state index in [1.165, 1.54) is 6.42 Å². The van der Waals surface area contributed by atoms with Gasteiger partial charge in [0, 0.05) is 12.5 Å². The average molecular weight is 651 g/mol. The largest absolute Gasteiger partial charge is 0.391 e. The molecule has 1 unspecified atom stereocenters. The summed E-state index contributed by atoms with van der Waals surface area (Å²) in [5.74, 6) is -0.228. The SMILES string of the molecule is CCCC[C@H](NC(=O)[C@H](Cc1cccc2ccccc12)N1CCCCC1)C(=O)N[C@@H](CC(C)C)[C@@H](O)CC(CC)C(=O)NCC(C)C. The average Bonchev–Trinajstić information content (AvgIpc) is 3.06. The van der Waals surface area contributed by atoms with Crippen molar-refractivity contribution < 1.29 is 19.5 Å². The summed E-state index contributed by atoms with van der Waals surface area (Å²) < 4.78 is 0. The fraction of sp³-hybridized carbons (Fsp3) is 0.667. The number of rotatable bonds is 19. The second-order valence-electron chi connectivity index (χ2n) is 14.5. The van der Waals surface area contributed by atoms with Crippen molar-refractivity contribution in [1.82, 2.24) is 20.9 Å². The fourth-order valence-corrected chi connectivity index (χ4v) is 6.71. The first-order chi connectivity index (χ1) is 22.5. The lowest BCUT2D eigenvalue weighted by Crippen LogP contribution is -2.57. The number of nitrogens with one attached hydrogen (secondary N) is 3. The second kappa shape index (κ2) is 19.8. The molecule has 2 aromatic rings. The molecule has 1 aliphatic rings. The first-order valence-electron chi connectivity index (χ1n) is 18.3. The smallest absolute Gasteiger partial charge is 0.242 e. The number of hydrogen-bond acceptors (Lipinski definition) is 5. The molecule has 262 valence electrons. The first-order valence-corrected chi connectivity index (χ1v) is 18.3. The molecular weight excluding hydrogens is 588 g/mol. The van der Waals surface area contributed by atoms with Gasteiger partial charge >= 0.3 is 0 Å². The monoisotopic (exact) mass is 650 g/mol. The lowest BCUT2D eigenvalue weighted by Gasteiger charge is -2.35. The minimum absolute atomic E-state index is 0.0575. The van der Waals surface area contributed by atoms with Gasteiger partial charge in [-0.1, -0.05) is 103 Å². The molecule has 1 saturated heterocycles. The van der Waals surface area contributed by atoms with E-state index in [0.717, 1.165) is 55.1 Å². The van der Waals surface area contributed by atoms with Crippen LogP contribution in [0.1, 0.15) is 105 Å². The topological polar surface area (TPSA) is 111 Å². The number of aliphatic hydroxyl groups is 1. The van der Waals surface area contributed by atoms with Crippen molar-refractivity contribution in [3.8, 4) is 0 Å². The molecule has 3 rings (SSSR count). The van der Waals surface area contributed by atoms with Crippen molar-refractivity contribution >= 4 is 28.5 Å². The molecule has 5 atom stereocenters. The number of piperidine rings is 1. The van der Waals surface area contributed by atoms with E-state index in [0.29, 0.717) is 38.1 Å². The number of carbonyl (C=O) groups excluding carboxylic acids is 3. The van der Waals surface area contributed by atoms with Gasteiger partial charge in [-0.15, -0.1) is 0 Å². The van der Waals surface area contributed by atoms with Crippen LogP contribution in [-0.2, 0) is 20.8 Å². The van der Waals surface area contributed by atoms with Gasteiger partial charge in [0.1, 0.15) is 6.04 Å². The standard InChI is InChI=1S/C39H62N4O4/c1-7-9-20-33(38(46)42-34(23-27(3)4)36(44)25-29(8-2)37(45)40-26-28(5)6)41-39(47)35(43-21-13-10-14-22-43)24-31-18-15-17-30-16-11-12-19-32(30)31/h11-12,15-19,27-29,33-36,44H,7-10,13-14,20-26H2,1-6H3,(H,40,45)(H,41,47)(H,42,46)/t29?,33-,34-,35-,36-/m0/s1. The van der Waals surface area contributed by atoms with Gasteiger partial charge in [0.15, 0.2) is 0 Å². The lowest BCUT2D eigenvalue weighted by molar-refractivity contribution is -0.133. The molecule has 2 aromatic carbocycles. The molecule has 1 aliphatic heterocycles. The van der Waals surface area contributed by atoms with Crippen LogP contribution in [-0.4, -0.2) is 71.6 Å². The Labute approximate surface area is 283 Å². The van der Waals surface area contributed by atoms with E-state index in [9.17, 15) is 19.5 Å². The number of nitrogens with zero attached hydrogens (tertiary/aromatic N) is 1. The highest BCUT2D eigenvalue weighted by Crippen LogP contribution is 2.24. The van der Waals surface area contributed by atoms with E-state index in [1.807, 2.05) is 19.1 Å². The zero-order chi connectivity index (χ0) is 34.3. The van der Waals surface area contributed by atoms with Crippen molar-refractivity contribution in [3.05, 3.63) is 48.0 Å². The summed E-state index contributed by atoms with van der Waals surface area (Å²) in [6.45, 7) is 14.6. The Balaban J connectivity index is 1.79. The molecule has 3 amide bonds.